The van der Waals surface area contributed by atoms with Crippen LogP contribution in [-0.4, -0.2) is 47.7 Å². The van der Waals surface area contributed by atoms with E-state index in [1.165, 1.54) is 0 Å². The average Bonchev–Trinajstić information content (AvgIpc) is 2.14. The fraction of sp³-hybridized carbons (Fsp3) is 1.00. The molecule has 2 aliphatic heterocycles. The predicted molar refractivity (Wildman–Crippen MR) is 54.7 cm³/mol. The summed E-state index contributed by atoms with van der Waals surface area (Å²) in [5.74, 6) is 0. The van der Waals surface area contributed by atoms with Crippen molar-refractivity contribution in [3.63, 3.8) is 0 Å². The fourth-order valence-corrected chi connectivity index (χ4v) is 2.18. The number of aliphatic hydroxyl groups excluding tert-OH is 2. The van der Waals surface area contributed by atoms with E-state index in [2.05, 4.69) is 5.32 Å². The third kappa shape index (κ3) is 2.38. The van der Waals surface area contributed by atoms with Crippen LogP contribution in [-0.2, 0) is 4.74 Å². The number of ether oxygens (including phenoxy) is 1. The number of piperidine rings is 1. The number of hydrogen-bond acceptors (Lipinski definition) is 4. The quantitative estimate of drug-likeness (QED) is 0.527. The van der Waals surface area contributed by atoms with Gasteiger partial charge in [-0.25, -0.2) is 0 Å². The van der Waals surface area contributed by atoms with Crippen LogP contribution in [0.2, 0.25) is 0 Å². The topological polar surface area (TPSA) is 61.7 Å². The molecule has 0 bridgehead atoms. The predicted octanol–water partition coefficient (Wildman–Crippen LogP) is -0.328. The maximum Gasteiger partial charge on any atom is 0.103 e. The molecule has 2 aliphatic rings. The zero-order valence-corrected chi connectivity index (χ0v) is 8.92. The summed E-state index contributed by atoms with van der Waals surface area (Å²) < 4.78 is 5.64. The molecule has 0 saturated carbocycles. The van der Waals surface area contributed by atoms with Gasteiger partial charge in [0.2, 0.25) is 0 Å². The third-order valence-corrected chi connectivity index (χ3v) is 3.10. The van der Waals surface area contributed by atoms with Gasteiger partial charge in [-0.1, -0.05) is 0 Å². The first-order valence-electron chi connectivity index (χ1n) is 4.93. The van der Waals surface area contributed by atoms with E-state index in [1.54, 1.807) is 0 Å². The van der Waals surface area contributed by atoms with Crippen LogP contribution < -0.4 is 5.32 Å². The maximum absolute atomic E-state index is 9.54. The molecule has 0 aromatic carbocycles. The maximum atomic E-state index is 9.54. The van der Waals surface area contributed by atoms with Crippen LogP contribution in [0.25, 0.3) is 0 Å². The van der Waals surface area contributed by atoms with Gasteiger partial charge in [-0.3, -0.25) is 0 Å². The van der Waals surface area contributed by atoms with Gasteiger partial charge in [-0.05, 0) is 25.9 Å². The van der Waals surface area contributed by atoms with Crippen molar-refractivity contribution in [3.8, 4) is 0 Å². The van der Waals surface area contributed by atoms with Gasteiger partial charge in [0.15, 0.2) is 0 Å². The molecule has 5 heteroatoms. The Labute approximate surface area is 90.1 Å². The standard InChI is InChI=1S/C9H17NO3.ClH/c11-7-5-9(13-6-8(7)12)1-3-10-4-2-9;/h7-8,10-12H,1-6H2;1H/t7-,8+;/m0./s1. The van der Waals surface area contributed by atoms with E-state index in [-0.39, 0.29) is 24.6 Å². The van der Waals surface area contributed by atoms with Crippen LogP contribution in [0.1, 0.15) is 19.3 Å². The van der Waals surface area contributed by atoms with Crippen molar-refractivity contribution < 1.29 is 14.9 Å². The average molecular weight is 224 g/mol. The minimum absolute atomic E-state index is 0. The SMILES string of the molecule is Cl.O[C@@H]1COC2(CCNCC2)C[C@@H]1O. The lowest BCUT2D eigenvalue weighted by Crippen LogP contribution is -2.53. The minimum Gasteiger partial charge on any atom is -0.390 e. The molecule has 0 amide bonds. The van der Waals surface area contributed by atoms with Crippen molar-refractivity contribution in [3.05, 3.63) is 0 Å². The summed E-state index contributed by atoms with van der Waals surface area (Å²) in [5, 5.41) is 22.1. The monoisotopic (exact) mass is 223 g/mol. The molecule has 0 aromatic rings. The molecule has 4 nitrogen and oxygen atoms in total. The lowest BCUT2D eigenvalue weighted by Gasteiger charge is -2.43. The molecular formula is C9H18ClNO3. The number of hydrogen-bond donors (Lipinski definition) is 3. The Kier molecular flexibility index (Phi) is 4.15. The molecule has 0 radical (unpaired) electrons. The molecule has 14 heavy (non-hydrogen) atoms. The van der Waals surface area contributed by atoms with E-state index in [0.717, 1.165) is 25.9 Å². The van der Waals surface area contributed by atoms with Crippen molar-refractivity contribution in [2.45, 2.75) is 37.1 Å². The minimum atomic E-state index is -0.694. The second-order valence-corrected chi connectivity index (χ2v) is 4.08. The molecule has 0 unspecified atom stereocenters. The van der Waals surface area contributed by atoms with Crippen molar-refractivity contribution in [1.82, 2.24) is 5.32 Å². The lowest BCUT2D eigenvalue weighted by atomic mass is 9.83. The van der Waals surface area contributed by atoms with E-state index in [4.69, 9.17) is 4.74 Å². The zero-order valence-electron chi connectivity index (χ0n) is 8.11. The first kappa shape index (κ1) is 12.2. The van der Waals surface area contributed by atoms with Gasteiger partial charge < -0.3 is 20.3 Å². The largest absolute Gasteiger partial charge is 0.390 e. The Morgan fingerprint density at radius 2 is 1.79 bits per heavy atom. The Bertz CT molecular complexity index is 185. The summed E-state index contributed by atoms with van der Waals surface area (Å²) >= 11 is 0. The first-order valence-corrected chi connectivity index (χ1v) is 4.93. The molecule has 0 aromatic heterocycles. The first-order chi connectivity index (χ1) is 6.22. The number of nitrogens with one attached hydrogen (secondary N) is 1. The molecule has 2 heterocycles. The van der Waals surface area contributed by atoms with E-state index >= 15 is 0 Å². The summed E-state index contributed by atoms with van der Waals surface area (Å²) in [6, 6.07) is 0. The van der Waals surface area contributed by atoms with Gasteiger partial charge in [0.25, 0.3) is 0 Å². The lowest BCUT2D eigenvalue weighted by molar-refractivity contribution is -0.180. The van der Waals surface area contributed by atoms with Crippen LogP contribution in [0.5, 0.6) is 0 Å². The third-order valence-electron chi connectivity index (χ3n) is 3.10. The molecule has 1 spiro atoms. The van der Waals surface area contributed by atoms with Gasteiger partial charge in [0.1, 0.15) is 6.10 Å². The second kappa shape index (κ2) is 4.77. The van der Waals surface area contributed by atoms with Crippen molar-refractivity contribution in [1.29, 1.82) is 0 Å². The highest BCUT2D eigenvalue weighted by molar-refractivity contribution is 5.85. The highest BCUT2D eigenvalue weighted by atomic mass is 35.5. The molecule has 0 aliphatic carbocycles. The second-order valence-electron chi connectivity index (χ2n) is 4.08. The summed E-state index contributed by atoms with van der Waals surface area (Å²) in [7, 11) is 0. The van der Waals surface area contributed by atoms with Crippen molar-refractivity contribution in [2.24, 2.45) is 0 Å². The molecule has 2 atom stereocenters. The van der Waals surface area contributed by atoms with Gasteiger partial charge >= 0.3 is 0 Å². The van der Waals surface area contributed by atoms with Crippen LogP contribution in [0.4, 0.5) is 0 Å². The Balaban J connectivity index is 0.000000980. The molecular weight excluding hydrogens is 206 g/mol. The van der Waals surface area contributed by atoms with Crippen LogP contribution in [0.15, 0.2) is 0 Å². The summed E-state index contributed by atoms with van der Waals surface area (Å²) in [5.41, 5.74) is -0.163. The number of halogens is 1. The normalized spacial score (nSPS) is 36.4. The highest BCUT2D eigenvalue weighted by Gasteiger charge is 2.41. The van der Waals surface area contributed by atoms with Crippen LogP contribution >= 0.6 is 12.4 Å². The number of aliphatic hydroxyl groups is 2. The fourth-order valence-electron chi connectivity index (χ4n) is 2.18. The van der Waals surface area contributed by atoms with E-state index in [1.807, 2.05) is 0 Å². The molecule has 2 rings (SSSR count). The Morgan fingerprint density at radius 1 is 1.14 bits per heavy atom. The van der Waals surface area contributed by atoms with Gasteiger partial charge in [-0.15, -0.1) is 12.4 Å². The molecule has 84 valence electrons. The summed E-state index contributed by atoms with van der Waals surface area (Å²) in [6.07, 6.45) is 1.16. The van der Waals surface area contributed by atoms with Crippen molar-refractivity contribution >= 4 is 12.4 Å². The Morgan fingerprint density at radius 3 is 2.36 bits per heavy atom. The van der Waals surface area contributed by atoms with Gasteiger partial charge in [0, 0.05) is 6.42 Å². The molecule has 2 fully saturated rings. The van der Waals surface area contributed by atoms with Crippen LogP contribution in [0, 0.1) is 0 Å². The zero-order chi connectivity index (χ0) is 9.31. The Hall–Kier alpha value is 0.130. The van der Waals surface area contributed by atoms with Crippen LogP contribution in [0.3, 0.4) is 0 Å². The van der Waals surface area contributed by atoms with E-state index in [0.29, 0.717) is 6.42 Å². The van der Waals surface area contributed by atoms with E-state index < -0.39 is 12.2 Å². The smallest absolute Gasteiger partial charge is 0.103 e. The van der Waals surface area contributed by atoms with E-state index in [9.17, 15) is 10.2 Å². The molecule has 3 N–H and O–H groups in total. The van der Waals surface area contributed by atoms with Gasteiger partial charge in [0.05, 0.1) is 18.3 Å². The highest BCUT2D eigenvalue weighted by Crippen LogP contribution is 2.32. The van der Waals surface area contributed by atoms with Crippen molar-refractivity contribution in [2.75, 3.05) is 19.7 Å². The summed E-state index contributed by atoms with van der Waals surface area (Å²) in [4.78, 5) is 0. The molecule has 2 saturated heterocycles. The summed E-state index contributed by atoms with van der Waals surface area (Å²) in [6.45, 7) is 2.17. The van der Waals surface area contributed by atoms with Gasteiger partial charge in [-0.2, -0.15) is 0 Å². The number of rotatable bonds is 0.